The molecule has 0 saturated carbocycles. The van der Waals surface area contributed by atoms with E-state index in [0.717, 1.165) is 12.8 Å². The summed E-state index contributed by atoms with van der Waals surface area (Å²) in [5.41, 5.74) is -0.647. The zero-order valence-corrected chi connectivity index (χ0v) is 12.2. The number of amides is 1. The molecule has 2 unspecified atom stereocenters. The van der Waals surface area contributed by atoms with Gasteiger partial charge in [-0.1, -0.05) is 20.3 Å². The van der Waals surface area contributed by atoms with Gasteiger partial charge in [0.15, 0.2) is 0 Å². The quantitative estimate of drug-likeness (QED) is 0.735. The monoisotopic (exact) mass is 270 g/mol. The van der Waals surface area contributed by atoms with Crippen LogP contribution >= 0.6 is 0 Å². The van der Waals surface area contributed by atoms with Gasteiger partial charge in [-0.3, -0.25) is 14.5 Å². The van der Waals surface area contributed by atoms with Gasteiger partial charge in [0.05, 0.1) is 12.0 Å². The smallest absolute Gasteiger partial charge is 0.310 e. The lowest BCUT2D eigenvalue weighted by Gasteiger charge is -2.24. The number of carboxylic acid groups (broad SMARTS) is 1. The average molecular weight is 270 g/mol. The molecule has 0 aromatic carbocycles. The lowest BCUT2D eigenvalue weighted by molar-refractivity contribution is -0.148. The first-order valence-corrected chi connectivity index (χ1v) is 7.18. The lowest BCUT2D eigenvalue weighted by Crippen LogP contribution is -2.41. The van der Waals surface area contributed by atoms with E-state index < -0.39 is 11.4 Å². The minimum Gasteiger partial charge on any atom is -0.481 e. The van der Waals surface area contributed by atoms with Crippen LogP contribution in [0.5, 0.6) is 0 Å². The highest BCUT2D eigenvalue weighted by Gasteiger charge is 2.44. The Balaban J connectivity index is 2.51. The van der Waals surface area contributed by atoms with Crippen LogP contribution in [0.1, 0.15) is 46.5 Å². The van der Waals surface area contributed by atoms with E-state index in [1.54, 1.807) is 0 Å². The van der Waals surface area contributed by atoms with Crippen molar-refractivity contribution in [2.75, 3.05) is 19.6 Å². The van der Waals surface area contributed by atoms with Gasteiger partial charge in [0, 0.05) is 12.6 Å². The summed E-state index contributed by atoms with van der Waals surface area (Å²) in [6.45, 7) is 7.49. The van der Waals surface area contributed by atoms with Gasteiger partial charge in [-0.05, 0) is 32.7 Å². The number of hydrogen-bond donors (Lipinski definition) is 2. The molecule has 0 bridgehead atoms. The number of likely N-dealkylation sites (tertiary alicyclic amines) is 1. The Morgan fingerprint density at radius 1 is 1.42 bits per heavy atom. The SMILES string of the molecule is CCCC1(C(=O)O)CCN(CC(=O)NC(C)CC)C1. The zero-order chi connectivity index (χ0) is 14.5. The van der Waals surface area contributed by atoms with E-state index in [0.29, 0.717) is 32.5 Å². The van der Waals surface area contributed by atoms with Crippen LogP contribution in [0.2, 0.25) is 0 Å². The molecule has 1 aliphatic heterocycles. The normalized spacial score (nSPS) is 25.2. The van der Waals surface area contributed by atoms with Crippen molar-refractivity contribution in [3.63, 3.8) is 0 Å². The van der Waals surface area contributed by atoms with Crippen LogP contribution in [0.4, 0.5) is 0 Å². The van der Waals surface area contributed by atoms with E-state index in [4.69, 9.17) is 0 Å². The zero-order valence-electron chi connectivity index (χ0n) is 12.2. The third kappa shape index (κ3) is 4.20. The van der Waals surface area contributed by atoms with Crippen molar-refractivity contribution in [1.82, 2.24) is 10.2 Å². The standard InChI is InChI=1S/C14H26N2O3/c1-4-6-14(13(18)19)7-8-16(10-14)9-12(17)15-11(3)5-2/h11H,4-10H2,1-3H3,(H,15,17)(H,18,19). The molecule has 1 amide bonds. The van der Waals surface area contributed by atoms with Crippen LogP contribution < -0.4 is 5.32 Å². The second-order valence-corrected chi connectivity index (χ2v) is 5.67. The second kappa shape index (κ2) is 6.89. The third-order valence-corrected chi connectivity index (χ3v) is 4.00. The molecule has 1 rings (SSSR count). The van der Waals surface area contributed by atoms with Gasteiger partial charge in [-0.15, -0.1) is 0 Å². The summed E-state index contributed by atoms with van der Waals surface area (Å²) in [6.07, 6.45) is 3.10. The number of carboxylic acids is 1. The van der Waals surface area contributed by atoms with Crippen LogP contribution in [0, 0.1) is 5.41 Å². The first-order valence-electron chi connectivity index (χ1n) is 7.18. The Kier molecular flexibility index (Phi) is 5.79. The van der Waals surface area contributed by atoms with E-state index in [-0.39, 0.29) is 11.9 Å². The van der Waals surface area contributed by atoms with Crippen molar-refractivity contribution < 1.29 is 14.7 Å². The fourth-order valence-electron chi connectivity index (χ4n) is 2.68. The van der Waals surface area contributed by atoms with E-state index in [9.17, 15) is 14.7 Å². The molecule has 5 heteroatoms. The molecular formula is C14H26N2O3. The largest absolute Gasteiger partial charge is 0.481 e. The Hall–Kier alpha value is -1.10. The van der Waals surface area contributed by atoms with Crippen molar-refractivity contribution in [3.8, 4) is 0 Å². The molecule has 1 aliphatic rings. The second-order valence-electron chi connectivity index (χ2n) is 5.67. The van der Waals surface area contributed by atoms with E-state index in [1.165, 1.54) is 0 Å². The Labute approximate surface area is 115 Å². The van der Waals surface area contributed by atoms with E-state index >= 15 is 0 Å². The highest BCUT2D eigenvalue weighted by Crippen LogP contribution is 2.35. The summed E-state index contributed by atoms with van der Waals surface area (Å²) in [5, 5.41) is 12.3. The van der Waals surface area contributed by atoms with Gasteiger partial charge in [0.1, 0.15) is 0 Å². The van der Waals surface area contributed by atoms with Crippen molar-refractivity contribution in [1.29, 1.82) is 0 Å². The van der Waals surface area contributed by atoms with Gasteiger partial charge < -0.3 is 10.4 Å². The molecule has 110 valence electrons. The molecular weight excluding hydrogens is 244 g/mol. The van der Waals surface area contributed by atoms with Crippen molar-refractivity contribution in [2.45, 2.75) is 52.5 Å². The Morgan fingerprint density at radius 2 is 2.11 bits per heavy atom. The van der Waals surface area contributed by atoms with Gasteiger partial charge in [-0.2, -0.15) is 0 Å². The molecule has 1 heterocycles. The predicted octanol–water partition coefficient (Wildman–Crippen LogP) is 1.48. The molecule has 0 aromatic rings. The molecule has 5 nitrogen and oxygen atoms in total. The van der Waals surface area contributed by atoms with Crippen LogP contribution in [-0.2, 0) is 9.59 Å². The minimum atomic E-state index is -0.723. The summed E-state index contributed by atoms with van der Waals surface area (Å²) in [4.78, 5) is 25.2. The molecule has 1 saturated heterocycles. The maximum atomic E-state index is 11.8. The van der Waals surface area contributed by atoms with Gasteiger partial charge in [-0.25, -0.2) is 0 Å². The molecule has 19 heavy (non-hydrogen) atoms. The van der Waals surface area contributed by atoms with Gasteiger partial charge in [0.2, 0.25) is 5.91 Å². The fourth-order valence-corrected chi connectivity index (χ4v) is 2.68. The summed E-state index contributed by atoms with van der Waals surface area (Å²) in [6, 6.07) is 0.176. The number of rotatable bonds is 7. The summed E-state index contributed by atoms with van der Waals surface area (Å²) >= 11 is 0. The number of carbonyl (C=O) groups is 2. The van der Waals surface area contributed by atoms with Crippen molar-refractivity contribution in [2.24, 2.45) is 5.41 Å². The average Bonchev–Trinajstić information content (AvgIpc) is 2.73. The molecule has 0 aromatic heterocycles. The molecule has 2 N–H and O–H groups in total. The minimum absolute atomic E-state index is 0.00737. The van der Waals surface area contributed by atoms with Crippen LogP contribution in [0.25, 0.3) is 0 Å². The maximum Gasteiger partial charge on any atom is 0.310 e. The van der Waals surface area contributed by atoms with E-state index in [1.807, 2.05) is 25.7 Å². The summed E-state index contributed by atoms with van der Waals surface area (Å²) in [7, 11) is 0. The fraction of sp³-hybridized carbons (Fsp3) is 0.857. The molecule has 0 radical (unpaired) electrons. The lowest BCUT2D eigenvalue weighted by atomic mass is 9.83. The van der Waals surface area contributed by atoms with Crippen molar-refractivity contribution in [3.05, 3.63) is 0 Å². The summed E-state index contributed by atoms with van der Waals surface area (Å²) < 4.78 is 0. The number of aliphatic carboxylic acids is 1. The molecule has 2 atom stereocenters. The third-order valence-electron chi connectivity index (χ3n) is 4.00. The molecule has 1 fully saturated rings. The Morgan fingerprint density at radius 3 is 2.63 bits per heavy atom. The topological polar surface area (TPSA) is 69.6 Å². The predicted molar refractivity (Wildman–Crippen MR) is 73.9 cm³/mol. The van der Waals surface area contributed by atoms with Crippen LogP contribution in [0.15, 0.2) is 0 Å². The van der Waals surface area contributed by atoms with Crippen molar-refractivity contribution >= 4 is 11.9 Å². The molecule has 0 spiro atoms. The number of carbonyl (C=O) groups excluding carboxylic acids is 1. The number of hydrogen-bond acceptors (Lipinski definition) is 3. The maximum absolute atomic E-state index is 11.8. The van der Waals surface area contributed by atoms with Crippen LogP contribution in [0.3, 0.4) is 0 Å². The Bertz CT molecular complexity index is 333. The summed E-state index contributed by atoms with van der Waals surface area (Å²) in [5.74, 6) is -0.730. The number of nitrogens with zero attached hydrogens (tertiary/aromatic N) is 1. The first-order chi connectivity index (χ1) is 8.93. The number of nitrogens with one attached hydrogen (secondary N) is 1. The highest BCUT2D eigenvalue weighted by molar-refractivity contribution is 5.79. The van der Waals surface area contributed by atoms with Gasteiger partial charge >= 0.3 is 5.97 Å². The van der Waals surface area contributed by atoms with Gasteiger partial charge in [0.25, 0.3) is 0 Å². The highest BCUT2D eigenvalue weighted by atomic mass is 16.4. The first kappa shape index (κ1) is 16.0. The molecule has 0 aliphatic carbocycles. The van der Waals surface area contributed by atoms with Crippen LogP contribution in [-0.4, -0.2) is 47.6 Å². The van der Waals surface area contributed by atoms with E-state index in [2.05, 4.69) is 5.32 Å².